The molecule has 0 radical (unpaired) electrons. The number of nitrogens with zero attached hydrogens (tertiary/aromatic N) is 3. The van der Waals surface area contributed by atoms with Crippen molar-refractivity contribution in [1.29, 1.82) is 0 Å². The molecule has 1 aromatic rings. The van der Waals surface area contributed by atoms with Crippen LogP contribution in [0.3, 0.4) is 0 Å². The summed E-state index contributed by atoms with van der Waals surface area (Å²) in [5.41, 5.74) is 2.41. The highest BCUT2D eigenvalue weighted by atomic mass is 19.4. The minimum atomic E-state index is -5.08. The molecule has 0 bridgehead atoms. The summed E-state index contributed by atoms with van der Waals surface area (Å²) in [4.78, 5) is 27.5. The van der Waals surface area contributed by atoms with Crippen molar-refractivity contribution in [2.45, 2.75) is 32.2 Å². The van der Waals surface area contributed by atoms with Crippen LogP contribution in [0.4, 0.5) is 32.2 Å². The average Bonchev–Trinajstić information content (AvgIpc) is 3.21. The molecule has 1 fully saturated rings. The smallest absolute Gasteiger partial charge is 0.475 e. The first kappa shape index (κ1) is 31.4. The molecule has 15 heteroatoms. The molecule has 0 aromatic carbocycles. The maximum Gasteiger partial charge on any atom is 0.490 e. The third-order valence-electron chi connectivity index (χ3n) is 5.07. The van der Waals surface area contributed by atoms with Gasteiger partial charge in [-0.2, -0.15) is 26.3 Å². The number of fused-ring (bicyclic) bond motifs is 1. The molecule has 0 spiro atoms. The van der Waals surface area contributed by atoms with E-state index in [0.717, 1.165) is 64.1 Å². The van der Waals surface area contributed by atoms with Crippen LogP contribution in [0.25, 0.3) is 0 Å². The standard InChI is InChI=1S/C17H27N3O2.2C2HF3O2/c1-14-3-4-16-12-19(11-15-5-9-22-13-15)6-7-20(8-10-21-2)17(16)18-14;2*3-2(4,5)1(6)7/h3-4,15H,5-13H2,1-2H3;2*(H,6,7). The van der Waals surface area contributed by atoms with Crippen molar-refractivity contribution in [1.82, 2.24) is 9.88 Å². The number of alkyl halides is 6. The molecule has 1 unspecified atom stereocenters. The SMILES string of the molecule is COCCN1CCN(CC2CCOC2)Cc2ccc(C)nc21.O=C(O)C(F)(F)F.O=C(O)C(F)(F)F. The summed E-state index contributed by atoms with van der Waals surface area (Å²) in [5, 5.41) is 14.2. The normalized spacial score (nSPS) is 18.2. The van der Waals surface area contributed by atoms with E-state index in [0.29, 0.717) is 5.92 Å². The predicted octanol–water partition coefficient (Wildman–Crippen LogP) is 2.96. The van der Waals surface area contributed by atoms with Crippen LogP contribution < -0.4 is 4.90 Å². The first-order valence-electron chi connectivity index (χ1n) is 10.8. The molecular formula is C21H29F6N3O6. The van der Waals surface area contributed by atoms with Crippen molar-refractivity contribution in [2.24, 2.45) is 5.92 Å². The summed E-state index contributed by atoms with van der Waals surface area (Å²) in [6.45, 7) is 9.77. The maximum absolute atomic E-state index is 10.6. The van der Waals surface area contributed by atoms with E-state index in [9.17, 15) is 26.3 Å². The van der Waals surface area contributed by atoms with Crippen LogP contribution in [-0.2, 0) is 25.6 Å². The van der Waals surface area contributed by atoms with E-state index in [1.54, 1.807) is 7.11 Å². The predicted molar refractivity (Wildman–Crippen MR) is 115 cm³/mol. The van der Waals surface area contributed by atoms with Crippen LogP contribution in [0.2, 0.25) is 0 Å². The fourth-order valence-electron chi connectivity index (χ4n) is 3.32. The average molecular weight is 533 g/mol. The van der Waals surface area contributed by atoms with Gasteiger partial charge in [-0.15, -0.1) is 0 Å². The number of aliphatic carboxylic acids is 2. The van der Waals surface area contributed by atoms with E-state index in [1.807, 2.05) is 0 Å². The molecule has 1 saturated heterocycles. The lowest BCUT2D eigenvalue weighted by molar-refractivity contribution is -0.193. The third-order valence-corrected chi connectivity index (χ3v) is 5.07. The number of hydrogen-bond acceptors (Lipinski definition) is 7. The minimum Gasteiger partial charge on any atom is -0.475 e. The van der Waals surface area contributed by atoms with Gasteiger partial charge in [0.25, 0.3) is 0 Å². The van der Waals surface area contributed by atoms with Crippen molar-refractivity contribution < 1.29 is 55.6 Å². The highest BCUT2D eigenvalue weighted by Crippen LogP contribution is 2.25. The van der Waals surface area contributed by atoms with Gasteiger partial charge in [-0.25, -0.2) is 14.6 Å². The van der Waals surface area contributed by atoms with E-state index < -0.39 is 24.3 Å². The zero-order valence-electron chi connectivity index (χ0n) is 19.7. The van der Waals surface area contributed by atoms with Crippen LogP contribution in [0.15, 0.2) is 12.1 Å². The summed E-state index contributed by atoms with van der Waals surface area (Å²) in [7, 11) is 1.76. The Morgan fingerprint density at radius 2 is 1.69 bits per heavy atom. The van der Waals surface area contributed by atoms with Crippen LogP contribution in [-0.4, -0.2) is 97.5 Å². The van der Waals surface area contributed by atoms with E-state index >= 15 is 0 Å². The van der Waals surface area contributed by atoms with Gasteiger partial charge in [0.15, 0.2) is 0 Å². The second-order valence-electron chi connectivity index (χ2n) is 7.99. The maximum atomic E-state index is 10.6. The fourth-order valence-corrected chi connectivity index (χ4v) is 3.32. The van der Waals surface area contributed by atoms with E-state index in [1.165, 1.54) is 12.0 Å². The highest BCUT2D eigenvalue weighted by Gasteiger charge is 2.38. The Morgan fingerprint density at radius 1 is 1.11 bits per heavy atom. The van der Waals surface area contributed by atoms with E-state index in [2.05, 4.69) is 28.9 Å². The van der Waals surface area contributed by atoms with Crippen molar-refractivity contribution in [2.75, 3.05) is 58.0 Å². The minimum absolute atomic E-state index is 0.687. The van der Waals surface area contributed by atoms with Gasteiger partial charge in [-0.05, 0) is 25.3 Å². The zero-order chi connectivity index (χ0) is 27.5. The lowest BCUT2D eigenvalue weighted by Gasteiger charge is -2.24. The number of anilines is 1. The molecule has 206 valence electrons. The van der Waals surface area contributed by atoms with E-state index in [4.69, 9.17) is 34.3 Å². The Balaban J connectivity index is 0.000000383. The Bertz CT molecular complexity index is 822. The number of carboxylic acid groups (broad SMARTS) is 2. The van der Waals surface area contributed by atoms with Crippen LogP contribution in [0.5, 0.6) is 0 Å². The summed E-state index contributed by atoms with van der Waals surface area (Å²) >= 11 is 0. The number of halogens is 6. The second-order valence-corrected chi connectivity index (χ2v) is 7.99. The number of hydrogen-bond donors (Lipinski definition) is 2. The lowest BCUT2D eigenvalue weighted by Crippen LogP contribution is -2.36. The monoisotopic (exact) mass is 533 g/mol. The summed E-state index contributed by atoms with van der Waals surface area (Å²) in [6.07, 6.45) is -8.97. The number of aryl methyl sites for hydroxylation is 1. The van der Waals surface area contributed by atoms with Gasteiger partial charge in [0.1, 0.15) is 5.82 Å². The Morgan fingerprint density at radius 3 is 2.17 bits per heavy atom. The molecule has 36 heavy (non-hydrogen) atoms. The summed E-state index contributed by atoms with van der Waals surface area (Å²) in [6, 6.07) is 4.36. The molecule has 9 nitrogen and oxygen atoms in total. The molecule has 2 aliphatic rings. The van der Waals surface area contributed by atoms with Gasteiger partial charge in [0, 0.05) is 57.7 Å². The molecule has 3 rings (SSSR count). The third kappa shape index (κ3) is 11.4. The van der Waals surface area contributed by atoms with Gasteiger partial charge >= 0.3 is 24.3 Å². The van der Waals surface area contributed by atoms with Crippen LogP contribution in [0, 0.1) is 12.8 Å². The molecule has 2 N–H and O–H groups in total. The van der Waals surface area contributed by atoms with E-state index in [-0.39, 0.29) is 0 Å². The number of ether oxygens (including phenoxy) is 2. The molecule has 1 atom stereocenters. The Kier molecular flexibility index (Phi) is 12.4. The van der Waals surface area contributed by atoms with Crippen molar-refractivity contribution in [3.8, 4) is 0 Å². The Hall–Kier alpha value is -2.65. The number of aromatic nitrogens is 1. The summed E-state index contributed by atoms with van der Waals surface area (Å²) in [5.74, 6) is -3.69. The number of pyridine rings is 1. The van der Waals surface area contributed by atoms with Gasteiger partial charge < -0.3 is 24.6 Å². The van der Waals surface area contributed by atoms with Gasteiger partial charge in [-0.1, -0.05) is 6.07 Å². The number of rotatable bonds is 5. The largest absolute Gasteiger partial charge is 0.490 e. The molecule has 1 aromatic heterocycles. The number of carbonyl (C=O) groups is 2. The first-order chi connectivity index (χ1) is 16.6. The van der Waals surface area contributed by atoms with Gasteiger partial charge in [0.05, 0.1) is 13.2 Å². The second kappa shape index (κ2) is 14.2. The van der Waals surface area contributed by atoms with Crippen LogP contribution in [0.1, 0.15) is 17.7 Å². The van der Waals surface area contributed by atoms with Gasteiger partial charge in [0.2, 0.25) is 0 Å². The Labute approximate surface area is 203 Å². The molecule has 0 amide bonds. The first-order valence-corrected chi connectivity index (χ1v) is 10.8. The zero-order valence-corrected chi connectivity index (χ0v) is 19.7. The number of methoxy groups -OCH3 is 1. The fraction of sp³-hybridized carbons (Fsp3) is 0.667. The molecular weight excluding hydrogens is 504 g/mol. The molecule has 2 aliphatic heterocycles. The molecule has 0 aliphatic carbocycles. The molecule has 0 saturated carbocycles. The summed E-state index contributed by atoms with van der Waals surface area (Å²) < 4.78 is 74.3. The van der Waals surface area contributed by atoms with Crippen molar-refractivity contribution in [3.63, 3.8) is 0 Å². The lowest BCUT2D eigenvalue weighted by atomic mass is 10.1. The number of carboxylic acids is 2. The van der Waals surface area contributed by atoms with Gasteiger partial charge in [-0.3, -0.25) is 4.90 Å². The molecule has 3 heterocycles. The topological polar surface area (TPSA) is 112 Å². The quantitative estimate of drug-likeness (QED) is 0.552. The highest BCUT2D eigenvalue weighted by molar-refractivity contribution is 5.73. The van der Waals surface area contributed by atoms with Crippen molar-refractivity contribution >= 4 is 17.8 Å². The van der Waals surface area contributed by atoms with Crippen molar-refractivity contribution in [3.05, 3.63) is 23.4 Å². The van der Waals surface area contributed by atoms with Crippen LogP contribution >= 0.6 is 0 Å².